The third kappa shape index (κ3) is 3.68. The van der Waals surface area contributed by atoms with Crippen molar-refractivity contribution in [3.8, 4) is 0 Å². The molecule has 6 nitrogen and oxygen atoms in total. The van der Waals surface area contributed by atoms with Gasteiger partial charge in [-0.25, -0.2) is 8.42 Å². The highest BCUT2D eigenvalue weighted by atomic mass is 32.2. The van der Waals surface area contributed by atoms with Gasteiger partial charge in [-0.2, -0.15) is 0 Å². The number of aryl methyl sites for hydroxylation is 3. The number of nitrogens with zero attached hydrogens (tertiary/aromatic N) is 4. The van der Waals surface area contributed by atoms with E-state index in [9.17, 15) is 8.42 Å². The fourth-order valence-electron chi connectivity index (χ4n) is 3.40. The predicted molar refractivity (Wildman–Crippen MR) is 118 cm³/mol. The minimum atomic E-state index is -3.89. The summed E-state index contributed by atoms with van der Waals surface area (Å²) in [4.78, 5) is 0.136. The molecule has 0 aliphatic heterocycles. The maximum absolute atomic E-state index is 13.8. The number of fused-ring (bicyclic) bond motifs is 1. The Morgan fingerprint density at radius 1 is 0.900 bits per heavy atom. The molecule has 2 heterocycles. The van der Waals surface area contributed by atoms with E-state index in [4.69, 9.17) is 0 Å². The number of hydrogen-bond donors (Lipinski definition) is 0. The van der Waals surface area contributed by atoms with Gasteiger partial charge in [-0.3, -0.25) is 8.71 Å². The van der Waals surface area contributed by atoms with Gasteiger partial charge in [-0.15, -0.1) is 10.2 Å². The number of aromatic nitrogens is 3. The van der Waals surface area contributed by atoms with Crippen LogP contribution in [-0.4, -0.2) is 23.0 Å². The summed E-state index contributed by atoms with van der Waals surface area (Å²) in [5.74, 6) is 0.638. The van der Waals surface area contributed by atoms with Crippen LogP contribution in [0.2, 0.25) is 0 Å². The highest BCUT2D eigenvalue weighted by Gasteiger charge is 2.28. The van der Waals surface area contributed by atoms with E-state index in [0.29, 0.717) is 17.2 Å². The van der Waals surface area contributed by atoms with Crippen molar-refractivity contribution in [2.24, 2.45) is 0 Å². The Bertz CT molecular complexity index is 1280. The molecule has 0 spiro atoms. The van der Waals surface area contributed by atoms with Crippen LogP contribution >= 0.6 is 0 Å². The average molecular weight is 421 g/mol. The second-order valence-corrected chi connectivity index (χ2v) is 9.16. The maximum Gasteiger partial charge on any atom is 0.268 e. The normalized spacial score (nSPS) is 11.7. The number of rotatable bonds is 6. The zero-order valence-electron chi connectivity index (χ0n) is 17.3. The Hall–Kier alpha value is -3.19. The predicted octanol–water partition coefficient (Wildman–Crippen LogP) is 4.30. The first-order chi connectivity index (χ1) is 14.4. The lowest BCUT2D eigenvalue weighted by atomic mass is 10.1. The first kappa shape index (κ1) is 20.1. The largest absolute Gasteiger partial charge is 0.286 e. The van der Waals surface area contributed by atoms with Crippen molar-refractivity contribution >= 4 is 21.4 Å². The molecule has 0 radical (unpaired) electrons. The first-order valence-corrected chi connectivity index (χ1v) is 11.3. The molecular weight excluding hydrogens is 396 g/mol. The lowest BCUT2D eigenvalue weighted by molar-refractivity contribution is 0.590. The molecule has 0 amide bonds. The highest BCUT2D eigenvalue weighted by Crippen LogP contribution is 2.28. The number of pyridine rings is 1. The van der Waals surface area contributed by atoms with Gasteiger partial charge in [0.2, 0.25) is 0 Å². The molecule has 0 fully saturated rings. The molecule has 4 aromatic rings. The Morgan fingerprint density at radius 2 is 1.57 bits per heavy atom. The highest BCUT2D eigenvalue weighted by molar-refractivity contribution is 7.93. The van der Waals surface area contributed by atoms with Gasteiger partial charge in [0, 0.05) is 6.20 Å². The second-order valence-electron chi connectivity index (χ2n) is 7.33. The molecule has 0 unspecified atom stereocenters. The molecule has 30 heavy (non-hydrogen) atoms. The quantitative estimate of drug-likeness (QED) is 0.466. The van der Waals surface area contributed by atoms with Gasteiger partial charge in [0.05, 0.1) is 12.2 Å². The third-order valence-electron chi connectivity index (χ3n) is 5.22. The third-order valence-corrected chi connectivity index (χ3v) is 7.01. The molecule has 2 aromatic carbocycles. The van der Waals surface area contributed by atoms with Crippen molar-refractivity contribution < 1.29 is 8.42 Å². The molecule has 0 atom stereocenters. The summed E-state index contributed by atoms with van der Waals surface area (Å²) in [6.07, 6.45) is 2.66. The Balaban J connectivity index is 1.85. The maximum atomic E-state index is 13.8. The van der Waals surface area contributed by atoms with Gasteiger partial charge < -0.3 is 0 Å². The number of benzene rings is 2. The van der Waals surface area contributed by atoms with Gasteiger partial charge in [-0.1, -0.05) is 48.9 Å². The second kappa shape index (κ2) is 7.91. The topological polar surface area (TPSA) is 67.6 Å². The van der Waals surface area contributed by atoms with Crippen LogP contribution in [0.3, 0.4) is 0 Å². The fourth-order valence-corrected chi connectivity index (χ4v) is 4.98. The van der Waals surface area contributed by atoms with Crippen molar-refractivity contribution in [2.45, 2.75) is 38.6 Å². The van der Waals surface area contributed by atoms with Crippen LogP contribution in [0.4, 0.5) is 5.69 Å². The summed E-state index contributed by atoms with van der Waals surface area (Å²) in [5.41, 5.74) is 4.14. The molecule has 0 saturated heterocycles. The summed E-state index contributed by atoms with van der Waals surface area (Å²) >= 11 is 0. The smallest absolute Gasteiger partial charge is 0.268 e. The number of anilines is 1. The standard InChI is InChI=1S/C23H24N4O2S/c1-4-19-11-13-21(14-12-19)27(16-20-9-7-17(2)8-10-20)30(28,29)22-6-5-15-26-18(3)24-25-23(22)26/h5-15H,4,16H2,1-3H3. The molecule has 0 N–H and O–H groups in total. The van der Waals surface area contributed by atoms with Crippen molar-refractivity contribution in [3.05, 3.63) is 89.4 Å². The van der Waals surface area contributed by atoms with Crippen LogP contribution in [0, 0.1) is 13.8 Å². The summed E-state index contributed by atoms with van der Waals surface area (Å²) < 4.78 is 30.8. The molecule has 4 rings (SSSR count). The molecule has 0 aliphatic rings. The van der Waals surface area contributed by atoms with Crippen molar-refractivity contribution in [1.82, 2.24) is 14.6 Å². The van der Waals surface area contributed by atoms with E-state index < -0.39 is 10.0 Å². The fraction of sp³-hybridized carbons (Fsp3) is 0.217. The van der Waals surface area contributed by atoms with Crippen LogP contribution in [0.5, 0.6) is 0 Å². The van der Waals surface area contributed by atoms with E-state index in [-0.39, 0.29) is 11.4 Å². The van der Waals surface area contributed by atoms with Crippen molar-refractivity contribution in [3.63, 3.8) is 0 Å². The van der Waals surface area contributed by atoms with Crippen LogP contribution in [0.15, 0.2) is 71.8 Å². The Morgan fingerprint density at radius 3 is 2.23 bits per heavy atom. The van der Waals surface area contributed by atoms with Gasteiger partial charge in [0.25, 0.3) is 10.0 Å². The molecule has 0 saturated carbocycles. The average Bonchev–Trinajstić information content (AvgIpc) is 3.14. The van der Waals surface area contributed by atoms with Crippen molar-refractivity contribution in [2.75, 3.05) is 4.31 Å². The first-order valence-electron chi connectivity index (χ1n) is 9.87. The van der Waals surface area contributed by atoms with Crippen molar-refractivity contribution in [1.29, 1.82) is 0 Å². The molecule has 7 heteroatoms. The zero-order chi connectivity index (χ0) is 21.3. The molecule has 0 aliphatic carbocycles. The Labute approximate surface area is 176 Å². The van der Waals surface area contributed by atoms with E-state index in [1.54, 1.807) is 29.7 Å². The minimum absolute atomic E-state index is 0.136. The van der Waals surface area contributed by atoms with Gasteiger partial charge in [0.15, 0.2) is 5.65 Å². The van der Waals surface area contributed by atoms with Gasteiger partial charge in [0.1, 0.15) is 10.7 Å². The molecule has 2 aromatic heterocycles. The zero-order valence-corrected chi connectivity index (χ0v) is 18.1. The van der Waals surface area contributed by atoms with Crippen LogP contribution in [0.1, 0.15) is 29.4 Å². The molecular formula is C23H24N4O2S. The van der Waals surface area contributed by atoms with E-state index in [1.807, 2.05) is 55.5 Å². The lowest BCUT2D eigenvalue weighted by Crippen LogP contribution is -2.31. The van der Waals surface area contributed by atoms with Gasteiger partial charge >= 0.3 is 0 Å². The van der Waals surface area contributed by atoms with E-state index in [2.05, 4.69) is 17.1 Å². The summed E-state index contributed by atoms with van der Waals surface area (Å²) in [6.45, 7) is 6.10. The van der Waals surface area contributed by atoms with Crippen LogP contribution < -0.4 is 4.31 Å². The lowest BCUT2D eigenvalue weighted by Gasteiger charge is -2.25. The minimum Gasteiger partial charge on any atom is -0.286 e. The van der Waals surface area contributed by atoms with Crippen LogP contribution in [-0.2, 0) is 23.0 Å². The van der Waals surface area contributed by atoms with E-state index in [1.165, 1.54) is 4.31 Å². The Kier molecular flexibility index (Phi) is 5.30. The molecule has 154 valence electrons. The summed E-state index contributed by atoms with van der Waals surface area (Å²) in [5, 5.41) is 8.16. The van der Waals surface area contributed by atoms with Gasteiger partial charge in [-0.05, 0) is 55.7 Å². The monoisotopic (exact) mass is 420 g/mol. The van der Waals surface area contributed by atoms with Crippen LogP contribution in [0.25, 0.3) is 5.65 Å². The SMILES string of the molecule is CCc1ccc(N(Cc2ccc(C)cc2)S(=O)(=O)c2cccn3c(C)nnc23)cc1. The molecule has 0 bridgehead atoms. The summed E-state index contributed by atoms with van der Waals surface area (Å²) in [6, 6.07) is 18.8. The van der Waals surface area contributed by atoms with E-state index in [0.717, 1.165) is 23.1 Å². The van der Waals surface area contributed by atoms with E-state index >= 15 is 0 Å². The summed E-state index contributed by atoms with van der Waals surface area (Å²) in [7, 11) is -3.89. The number of sulfonamides is 1. The number of hydrogen-bond acceptors (Lipinski definition) is 4.